The molecule has 1 aliphatic carbocycles. The van der Waals surface area contributed by atoms with E-state index in [0.717, 1.165) is 6.54 Å². The molecule has 0 saturated heterocycles. The van der Waals surface area contributed by atoms with Gasteiger partial charge in [-0.15, -0.1) is 6.58 Å². The lowest BCUT2D eigenvalue weighted by molar-refractivity contribution is -0.141. The van der Waals surface area contributed by atoms with Gasteiger partial charge in [0.15, 0.2) is 0 Å². The molecule has 2 aliphatic rings. The van der Waals surface area contributed by atoms with Crippen molar-refractivity contribution in [3.05, 3.63) is 48.0 Å². The van der Waals surface area contributed by atoms with E-state index in [1.165, 1.54) is 24.0 Å². The van der Waals surface area contributed by atoms with Gasteiger partial charge >= 0.3 is 0 Å². The number of hydrogen-bond acceptors (Lipinski definition) is 2. The summed E-state index contributed by atoms with van der Waals surface area (Å²) in [6.45, 7) is 8.00. The lowest BCUT2D eigenvalue weighted by Crippen LogP contribution is -2.47. The van der Waals surface area contributed by atoms with Gasteiger partial charge in [0, 0.05) is 32.2 Å². The van der Waals surface area contributed by atoms with Crippen molar-refractivity contribution in [3.8, 4) is 0 Å². The Morgan fingerprint density at radius 2 is 2.18 bits per heavy atom. The van der Waals surface area contributed by atoms with Crippen LogP contribution in [0.3, 0.4) is 0 Å². The van der Waals surface area contributed by atoms with Crippen LogP contribution in [0.5, 0.6) is 0 Å². The quantitative estimate of drug-likeness (QED) is 0.781. The van der Waals surface area contributed by atoms with Crippen LogP contribution in [0.4, 0.5) is 0 Å². The highest BCUT2D eigenvalue weighted by Crippen LogP contribution is 2.52. The highest BCUT2D eigenvalue weighted by molar-refractivity contribution is 5.84. The van der Waals surface area contributed by atoms with Crippen LogP contribution in [-0.2, 0) is 21.5 Å². The van der Waals surface area contributed by atoms with Crippen LogP contribution in [-0.4, -0.2) is 31.1 Å². The largest absolute Gasteiger partial charge is 0.385 e. The first-order valence-electron chi connectivity index (χ1n) is 8.05. The lowest BCUT2D eigenvalue weighted by Gasteiger charge is -2.39. The van der Waals surface area contributed by atoms with Crippen LogP contribution in [0.1, 0.15) is 37.3 Å². The molecule has 0 unspecified atom stereocenters. The molecule has 0 N–H and O–H groups in total. The minimum Gasteiger partial charge on any atom is -0.385 e. The van der Waals surface area contributed by atoms with E-state index in [1.807, 2.05) is 11.8 Å². The molecule has 1 saturated carbocycles. The summed E-state index contributed by atoms with van der Waals surface area (Å²) in [6, 6.07) is 8.58. The van der Waals surface area contributed by atoms with E-state index in [1.54, 1.807) is 13.2 Å². The summed E-state index contributed by atoms with van der Waals surface area (Å²) in [5, 5.41) is 0. The summed E-state index contributed by atoms with van der Waals surface area (Å²) in [6.07, 6.45) is 4.85. The van der Waals surface area contributed by atoms with Gasteiger partial charge in [0.2, 0.25) is 5.91 Å². The van der Waals surface area contributed by atoms with E-state index in [0.29, 0.717) is 19.6 Å². The zero-order valence-corrected chi connectivity index (χ0v) is 13.6. The predicted octanol–water partition coefficient (Wildman–Crippen LogP) is 3.29. The molecule has 1 atom stereocenters. The first kappa shape index (κ1) is 15.3. The summed E-state index contributed by atoms with van der Waals surface area (Å²) in [4.78, 5) is 15.1. The number of ether oxygens (including phenoxy) is 1. The Balaban J connectivity index is 1.85. The average molecular weight is 299 g/mol. The highest BCUT2D eigenvalue weighted by atomic mass is 16.5. The third kappa shape index (κ3) is 2.48. The number of methoxy groups -OCH3 is 1. The second kappa shape index (κ2) is 5.54. The molecule has 118 valence electrons. The number of carbonyl (C=O) groups excluding carboxylic acids is 1. The summed E-state index contributed by atoms with van der Waals surface area (Å²) >= 11 is 0. The molecule has 3 rings (SSSR count). The Hall–Kier alpha value is -1.61. The zero-order chi connectivity index (χ0) is 15.8. The third-order valence-electron chi connectivity index (χ3n) is 5.35. The molecular formula is C19H25NO2. The number of carbonyl (C=O) groups is 1. The maximum atomic E-state index is 13.1. The van der Waals surface area contributed by atoms with Crippen molar-refractivity contribution in [1.82, 2.24) is 4.90 Å². The van der Waals surface area contributed by atoms with Gasteiger partial charge in [-0.05, 0) is 37.3 Å². The van der Waals surface area contributed by atoms with Gasteiger partial charge in [-0.2, -0.15) is 0 Å². The van der Waals surface area contributed by atoms with Gasteiger partial charge in [0.05, 0.1) is 5.41 Å². The Morgan fingerprint density at radius 3 is 2.82 bits per heavy atom. The minimum atomic E-state index is -0.543. The number of amides is 1. The molecule has 0 bridgehead atoms. The zero-order valence-electron chi connectivity index (χ0n) is 13.6. The first-order chi connectivity index (χ1) is 10.5. The SMILES string of the molecule is C=C[C@](C)(CCOC)C(=O)N1Cc2ccccc2C2(CC2)C1. The molecule has 0 aromatic heterocycles. The van der Waals surface area contributed by atoms with E-state index in [-0.39, 0.29) is 11.3 Å². The van der Waals surface area contributed by atoms with Gasteiger partial charge in [0.1, 0.15) is 0 Å². The van der Waals surface area contributed by atoms with Crippen LogP contribution in [0, 0.1) is 5.41 Å². The Labute approximate surface area is 133 Å². The van der Waals surface area contributed by atoms with E-state index >= 15 is 0 Å². The fourth-order valence-electron chi connectivity index (χ4n) is 3.58. The molecule has 1 amide bonds. The molecule has 3 nitrogen and oxygen atoms in total. The number of rotatable bonds is 5. The molecule has 1 fully saturated rings. The summed E-state index contributed by atoms with van der Waals surface area (Å²) < 4.78 is 5.17. The Morgan fingerprint density at radius 1 is 1.45 bits per heavy atom. The first-order valence-corrected chi connectivity index (χ1v) is 8.05. The highest BCUT2D eigenvalue weighted by Gasteiger charge is 2.51. The number of fused-ring (bicyclic) bond motifs is 2. The second-order valence-corrected chi connectivity index (χ2v) is 6.96. The van der Waals surface area contributed by atoms with Crippen molar-refractivity contribution in [2.45, 2.75) is 38.1 Å². The Bertz CT molecular complexity index is 591. The maximum absolute atomic E-state index is 13.1. The van der Waals surface area contributed by atoms with Crippen LogP contribution in [0.15, 0.2) is 36.9 Å². The average Bonchev–Trinajstić information content (AvgIpc) is 3.32. The van der Waals surface area contributed by atoms with E-state index in [9.17, 15) is 4.79 Å². The number of benzene rings is 1. The van der Waals surface area contributed by atoms with E-state index in [4.69, 9.17) is 4.74 Å². The van der Waals surface area contributed by atoms with Gasteiger partial charge in [-0.1, -0.05) is 30.3 Å². The van der Waals surface area contributed by atoms with Gasteiger partial charge in [-0.3, -0.25) is 4.79 Å². The summed E-state index contributed by atoms with van der Waals surface area (Å²) in [7, 11) is 1.67. The second-order valence-electron chi connectivity index (χ2n) is 6.96. The van der Waals surface area contributed by atoms with Gasteiger partial charge < -0.3 is 9.64 Å². The summed E-state index contributed by atoms with van der Waals surface area (Å²) in [5.41, 5.74) is 2.43. The molecule has 1 heterocycles. The standard InChI is InChI=1S/C19H25NO2/c1-4-18(2,11-12-22-3)17(21)20-13-15-7-5-6-8-16(15)19(14-20)9-10-19/h4-8H,1,9-14H2,2-3H3/t18-/m1/s1. The molecule has 22 heavy (non-hydrogen) atoms. The van der Waals surface area contributed by atoms with Crippen LogP contribution in [0.25, 0.3) is 0 Å². The van der Waals surface area contributed by atoms with Crippen LogP contribution in [0.2, 0.25) is 0 Å². The van der Waals surface area contributed by atoms with Crippen molar-refractivity contribution < 1.29 is 9.53 Å². The van der Waals surface area contributed by atoms with Gasteiger partial charge in [0.25, 0.3) is 0 Å². The van der Waals surface area contributed by atoms with Crippen LogP contribution < -0.4 is 0 Å². The number of hydrogen-bond donors (Lipinski definition) is 0. The lowest BCUT2D eigenvalue weighted by atomic mass is 9.82. The van der Waals surface area contributed by atoms with Crippen molar-refractivity contribution in [2.24, 2.45) is 5.41 Å². The molecule has 1 aromatic rings. The molecule has 1 spiro atoms. The van der Waals surface area contributed by atoms with E-state index in [2.05, 4.69) is 30.8 Å². The minimum absolute atomic E-state index is 0.181. The molecular weight excluding hydrogens is 274 g/mol. The smallest absolute Gasteiger partial charge is 0.232 e. The predicted molar refractivity (Wildman–Crippen MR) is 87.6 cm³/mol. The fourth-order valence-corrected chi connectivity index (χ4v) is 3.58. The molecule has 3 heteroatoms. The fraction of sp³-hybridized carbons (Fsp3) is 0.526. The molecule has 0 radical (unpaired) electrons. The topological polar surface area (TPSA) is 29.5 Å². The maximum Gasteiger partial charge on any atom is 0.232 e. The van der Waals surface area contributed by atoms with Gasteiger partial charge in [-0.25, -0.2) is 0 Å². The van der Waals surface area contributed by atoms with E-state index < -0.39 is 5.41 Å². The van der Waals surface area contributed by atoms with Crippen molar-refractivity contribution in [3.63, 3.8) is 0 Å². The molecule has 1 aliphatic heterocycles. The third-order valence-corrected chi connectivity index (χ3v) is 5.35. The van der Waals surface area contributed by atoms with Crippen molar-refractivity contribution in [2.75, 3.05) is 20.3 Å². The van der Waals surface area contributed by atoms with Crippen molar-refractivity contribution >= 4 is 5.91 Å². The van der Waals surface area contributed by atoms with Crippen molar-refractivity contribution in [1.29, 1.82) is 0 Å². The monoisotopic (exact) mass is 299 g/mol. The summed E-state index contributed by atoms with van der Waals surface area (Å²) in [5.74, 6) is 0.181. The molecule has 1 aromatic carbocycles. The number of nitrogens with zero attached hydrogens (tertiary/aromatic N) is 1. The normalized spacial score (nSPS) is 21.1. The Kier molecular flexibility index (Phi) is 3.85. The van der Waals surface area contributed by atoms with Crippen LogP contribution >= 0.6 is 0 Å².